The van der Waals surface area contributed by atoms with Crippen LogP contribution in [0, 0.1) is 11.2 Å². The summed E-state index contributed by atoms with van der Waals surface area (Å²) in [5.74, 6) is -0.364. The normalized spacial score (nSPS) is 12.9. The fourth-order valence-corrected chi connectivity index (χ4v) is 8.52. The van der Waals surface area contributed by atoms with Gasteiger partial charge < -0.3 is 9.53 Å². The third kappa shape index (κ3) is 7.97. The standard InChI is InChI=1S/C41H41F4O2Si/c1-27(2)34-25-36(39(40(3,4)5)47-48(32-12-8-6-9-13-32)33-14-10-7-11-15-33)37(26-46)38(29-18-22-31(42)23-19-29)35(34)24-28-16-20-30(21-17-28)41(43,44)45/h6-23,25,27,39,46H,24,26H2,1-5H3. The maximum absolute atomic E-state index is 14.2. The summed E-state index contributed by atoms with van der Waals surface area (Å²) in [6.07, 6.45) is -4.56. The van der Waals surface area contributed by atoms with Crippen LogP contribution in [0.15, 0.2) is 115 Å². The van der Waals surface area contributed by atoms with Crippen LogP contribution in [0.2, 0.25) is 0 Å². The molecule has 2 nitrogen and oxygen atoms in total. The van der Waals surface area contributed by atoms with Crippen molar-refractivity contribution in [3.63, 3.8) is 0 Å². The van der Waals surface area contributed by atoms with Crippen LogP contribution < -0.4 is 10.4 Å². The van der Waals surface area contributed by atoms with Gasteiger partial charge in [-0.05, 0) is 91.3 Å². The SMILES string of the molecule is CC(C)c1cc(C(O[Si](c2ccccc2)c2ccccc2)C(C)(C)C)c(CO)c(-c2ccc(F)cc2)c1Cc1ccc(C(F)(F)F)cc1. The van der Waals surface area contributed by atoms with Crippen LogP contribution >= 0.6 is 0 Å². The quantitative estimate of drug-likeness (QED) is 0.119. The van der Waals surface area contributed by atoms with Crippen molar-refractivity contribution in [1.29, 1.82) is 0 Å². The monoisotopic (exact) mass is 669 g/mol. The Morgan fingerprint density at radius 1 is 0.708 bits per heavy atom. The molecule has 48 heavy (non-hydrogen) atoms. The van der Waals surface area contributed by atoms with E-state index in [1.807, 2.05) is 36.4 Å². The summed E-state index contributed by atoms with van der Waals surface area (Å²) in [4.78, 5) is 0. The molecule has 1 atom stereocenters. The van der Waals surface area contributed by atoms with Crippen molar-refractivity contribution in [2.45, 2.75) is 65.8 Å². The lowest BCUT2D eigenvalue weighted by molar-refractivity contribution is -0.137. The predicted octanol–water partition coefficient (Wildman–Crippen LogP) is 9.63. The highest BCUT2D eigenvalue weighted by atomic mass is 28.3. The van der Waals surface area contributed by atoms with Crippen LogP contribution in [-0.2, 0) is 23.6 Å². The van der Waals surface area contributed by atoms with E-state index in [1.54, 1.807) is 12.1 Å². The summed E-state index contributed by atoms with van der Waals surface area (Å²) in [6, 6.07) is 33.9. The van der Waals surface area contributed by atoms with Crippen molar-refractivity contribution in [2.75, 3.05) is 0 Å². The maximum atomic E-state index is 14.2. The molecule has 5 aromatic rings. The maximum Gasteiger partial charge on any atom is 0.416 e. The first-order valence-corrected chi connectivity index (χ1v) is 17.5. The molecular formula is C41H41F4O2Si. The van der Waals surface area contributed by atoms with Crippen LogP contribution in [0.1, 0.15) is 80.0 Å². The van der Waals surface area contributed by atoms with E-state index in [0.717, 1.165) is 50.3 Å². The number of halogens is 4. The largest absolute Gasteiger partial charge is 0.416 e. The van der Waals surface area contributed by atoms with Crippen molar-refractivity contribution >= 4 is 19.4 Å². The molecule has 5 rings (SSSR count). The molecule has 1 radical (unpaired) electrons. The zero-order valence-corrected chi connectivity index (χ0v) is 28.9. The average Bonchev–Trinajstić information content (AvgIpc) is 3.05. The van der Waals surface area contributed by atoms with Gasteiger partial charge in [0.1, 0.15) is 5.82 Å². The Hall–Kier alpha value is -4.04. The van der Waals surface area contributed by atoms with Gasteiger partial charge in [0.15, 0.2) is 0 Å². The number of hydrogen-bond donors (Lipinski definition) is 1. The Morgan fingerprint density at radius 3 is 1.71 bits per heavy atom. The van der Waals surface area contributed by atoms with E-state index in [-0.39, 0.29) is 18.3 Å². The van der Waals surface area contributed by atoms with Crippen LogP contribution in [0.5, 0.6) is 0 Å². The zero-order valence-electron chi connectivity index (χ0n) is 27.9. The molecule has 5 aromatic carbocycles. The molecule has 0 spiro atoms. The number of benzene rings is 5. The topological polar surface area (TPSA) is 29.5 Å². The minimum absolute atomic E-state index is 0.0220. The third-order valence-electron chi connectivity index (χ3n) is 8.56. The number of aliphatic hydroxyl groups excluding tert-OH is 1. The molecule has 0 amide bonds. The molecule has 0 heterocycles. The Kier molecular flexibility index (Phi) is 10.7. The van der Waals surface area contributed by atoms with Crippen molar-refractivity contribution < 1.29 is 27.1 Å². The fourth-order valence-electron chi connectivity index (χ4n) is 6.21. The lowest BCUT2D eigenvalue weighted by Crippen LogP contribution is -2.47. The van der Waals surface area contributed by atoms with Gasteiger partial charge in [-0.1, -0.05) is 126 Å². The van der Waals surface area contributed by atoms with Crippen LogP contribution in [0.4, 0.5) is 17.6 Å². The van der Waals surface area contributed by atoms with Crippen molar-refractivity contribution in [1.82, 2.24) is 0 Å². The van der Waals surface area contributed by atoms with Gasteiger partial charge in [0.25, 0.3) is 9.04 Å². The molecule has 0 aliphatic rings. The second kappa shape index (κ2) is 14.6. The average molecular weight is 670 g/mol. The number of rotatable bonds is 10. The van der Waals surface area contributed by atoms with Crippen molar-refractivity contribution in [2.24, 2.45) is 5.41 Å². The van der Waals surface area contributed by atoms with E-state index in [9.17, 15) is 22.7 Å². The minimum Gasteiger partial charge on any atom is -0.400 e. The van der Waals surface area contributed by atoms with Crippen LogP contribution in [0.3, 0.4) is 0 Å². The highest BCUT2D eigenvalue weighted by molar-refractivity contribution is 6.80. The molecule has 0 fully saturated rings. The van der Waals surface area contributed by atoms with Crippen LogP contribution in [0.25, 0.3) is 11.1 Å². The van der Waals surface area contributed by atoms with E-state index in [2.05, 4.69) is 65.0 Å². The smallest absolute Gasteiger partial charge is 0.400 e. The van der Waals surface area contributed by atoms with Crippen molar-refractivity contribution in [3.05, 3.63) is 154 Å². The van der Waals surface area contributed by atoms with Gasteiger partial charge in [-0.25, -0.2) is 4.39 Å². The van der Waals surface area contributed by atoms with Crippen LogP contribution in [-0.4, -0.2) is 14.1 Å². The van der Waals surface area contributed by atoms with E-state index in [4.69, 9.17) is 4.43 Å². The van der Waals surface area contributed by atoms with Gasteiger partial charge in [-0.3, -0.25) is 0 Å². The highest BCUT2D eigenvalue weighted by Gasteiger charge is 2.36. The molecule has 1 N–H and O–H groups in total. The number of alkyl halides is 3. The zero-order chi connectivity index (χ0) is 34.6. The predicted molar refractivity (Wildman–Crippen MR) is 187 cm³/mol. The van der Waals surface area contributed by atoms with Gasteiger partial charge in [0.2, 0.25) is 0 Å². The molecular weight excluding hydrogens is 629 g/mol. The lowest BCUT2D eigenvalue weighted by Gasteiger charge is -2.37. The molecule has 0 bridgehead atoms. The van der Waals surface area contributed by atoms with Gasteiger partial charge in [-0.2, -0.15) is 13.2 Å². The molecule has 0 saturated carbocycles. The Labute approximate surface area is 282 Å². The fraction of sp³-hybridized carbons (Fsp3) is 0.268. The molecule has 7 heteroatoms. The summed E-state index contributed by atoms with van der Waals surface area (Å²) in [6.45, 7) is 10.2. The highest BCUT2D eigenvalue weighted by Crippen LogP contribution is 2.45. The van der Waals surface area contributed by atoms with Gasteiger partial charge in [0, 0.05) is 0 Å². The summed E-state index contributed by atoms with van der Waals surface area (Å²) in [7, 11) is -1.76. The first kappa shape index (κ1) is 35.3. The lowest BCUT2D eigenvalue weighted by atomic mass is 9.76. The first-order valence-electron chi connectivity index (χ1n) is 16.1. The third-order valence-corrected chi connectivity index (χ3v) is 10.8. The second-order valence-electron chi connectivity index (χ2n) is 13.5. The Balaban J connectivity index is 1.75. The van der Waals surface area contributed by atoms with E-state index in [0.29, 0.717) is 17.5 Å². The van der Waals surface area contributed by atoms with Gasteiger partial charge in [0.05, 0.1) is 18.3 Å². The second-order valence-corrected chi connectivity index (χ2v) is 15.6. The number of hydrogen-bond acceptors (Lipinski definition) is 2. The molecule has 0 aromatic heterocycles. The Morgan fingerprint density at radius 2 is 1.25 bits per heavy atom. The summed E-state index contributed by atoms with van der Waals surface area (Å²) < 4.78 is 61.7. The molecule has 0 saturated heterocycles. The van der Waals surface area contributed by atoms with E-state index in [1.165, 1.54) is 24.3 Å². The summed E-state index contributed by atoms with van der Waals surface area (Å²) in [5, 5.41) is 13.4. The van der Waals surface area contributed by atoms with E-state index >= 15 is 0 Å². The molecule has 0 aliphatic carbocycles. The summed E-state index contributed by atoms with van der Waals surface area (Å²) in [5.41, 5.74) is 4.44. The molecule has 1 unspecified atom stereocenters. The van der Waals surface area contributed by atoms with E-state index < -0.39 is 32.3 Å². The first-order chi connectivity index (χ1) is 22.8. The van der Waals surface area contributed by atoms with Gasteiger partial charge >= 0.3 is 6.18 Å². The van der Waals surface area contributed by atoms with Gasteiger partial charge in [-0.15, -0.1) is 0 Å². The molecule has 249 valence electrons. The molecule has 0 aliphatic heterocycles. The number of aliphatic hydroxyl groups is 1. The van der Waals surface area contributed by atoms with Crippen molar-refractivity contribution in [3.8, 4) is 11.1 Å². The summed E-state index contributed by atoms with van der Waals surface area (Å²) >= 11 is 0. The minimum atomic E-state index is -4.44. The Bertz CT molecular complexity index is 1760.